The fraction of sp³-hybridized carbons (Fsp3) is 0.500. The number of nitrogens with zero attached hydrogens (tertiary/aromatic N) is 1. The normalized spacial score (nSPS) is 26.3. The predicted octanol–water partition coefficient (Wildman–Crippen LogP) is 0.230. The maximum absolute atomic E-state index is 8.95. The molecule has 0 aromatic rings. The van der Waals surface area contributed by atoms with E-state index in [1.807, 2.05) is 13.8 Å². The van der Waals surface area contributed by atoms with E-state index in [0.29, 0.717) is 0 Å². The van der Waals surface area contributed by atoms with Crippen molar-refractivity contribution in [3.63, 3.8) is 0 Å². The highest BCUT2D eigenvalue weighted by atomic mass is 16.3. The zero-order valence-corrected chi connectivity index (χ0v) is 5.55. The minimum atomic E-state index is -0.647. The van der Waals surface area contributed by atoms with Crippen molar-refractivity contribution in [1.29, 1.82) is 0 Å². The number of allylic oxidation sites excluding steroid dienone is 1. The monoisotopic (exact) mass is 126 g/mol. The van der Waals surface area contributed by atoms with Gasteiger partial charge in [-0.25, -0.2) is 4.99 Å². The van der Waals surface area contributed by atoms with Crippen LogP contribution in [-0.4, -0.2) is 17.2 Å². The smallest absolute Gasteiger partial charge is 0.168 e. The molecule has 3 heteroatoms. The Morgan fingerprint density at radius 1 is 1.67 bits per heavy atom. The lowest BCUT2D eigenvalue weighted by Gasteiger charge is -2.13. The topological polar surface area (TPSA) is 44.6 Å². The van der Waals surface area contributed by atoms with Gasteiger partial charge in [0.15, 0.2) is 6.23 Å². The summed E-state index contributed by atoms with van der Waals surface area (Å²) in [6, 6.07) is 0. The molecule has 3 nitrogen and oxygen atoms in total. The van der Waals surface area contributed by atoms with Gasteiger partial charge in [0.1, 0.15) is 5.84 Å². The number of rotatable bonds is 0. The average Bonchev–Trinajstić information content (AvgIpc) is 1.59. The molecule has 1 atom stereocenters. The summed E-state index contributed by atoms with van der Waals surface area (Å²) in [5.41, 5.74) is 0.954. The third-order valence-corrected chi connectivity index (χ3v) is 1.10. The predicted molar refractivity (Wildman–Crippen MR) is 36.0 cm³/mol. The zero-order chi connectivity index (χ0) is 6.85. The molecule has 0 radical (unpaired) electrons. The second-order valence-corrected chi connectivity index (χ2v) is 2.10. The van der Waals surface area contributed by atoms with Crippen molar-refractivity contribution in [3.05, 3.63) is 11.8 Å². The Kier molecular flexibility index (Phi) is 1.53. The van der Waals surface area contributed by atoms with Crippen molar-refractivity contribution in [1.82, 2.24) is 5.32 Å². The molecule has 1 unspecified atom stereocenters. The highest BCUT2D eigenvalue weighted by Crippen LogP contribution is 2.00. The van der Waals surface area contributed by atoms with Gasteiger partial charge in [-0.3, -0.25) is 0 Å². The summed E-state index contributed by atoms with van der Waals surface area (Å²) >= 11 is 0. The number of aliphatic imine (C=N–C) groups is 1. The molecule has 1 aliphatic heterocycles. The molecule has 0 aromatic heterocycles. The number of hydrogen-bond donors (Lipinski definition) is 2. The van der Waals surface area contributed by atoms with Gasteiger partial charge in [0.05, 0.1) is 0 Å². The summed E-state index contributed by atoms with van der Waals surface area (Å²) in [6.45, 7) is 3.71. The number of amidine groups is 1. The molecule has 0 fully saturated rings. The highest BCUT2D eigenvalue weighted by molar-refractivity contribution is 5.82. The Balaban J connectivity index is 2.69. The van der Waals surface area contributed by atoms with E-state index in [9.17, 15) is 0 Å². The quantitative estimate of drug-likeness (QED) is 0.488. The zero-order valence-electron chi connectivity index (χ0n) is 5.55. The molecule has 0 spiro atoms. The molecule has 1 rings (SSSR count). The summed E-state index contributed by atoms with van der Waals surface area (Å²) in [5, 5.41) is 11.9. The minimum Gasteiger partial charge on any atom is -0.368 e. The molecular formula is C6H10N2O. The van der Waals surface area contributed by atoms with E-state index in [0.717, 1.165) is 11.5 Å². The molecule has 1 heterocycles. The van der Waals surface area contributed by atoms with Gasteiger partial charge in [-0.15, -0.1) is 0 Å². The molecule has 0 amide bonds. The molecule has 0 saturated heterocycles. The van der Waals surface area contributed by atoms with Crippen LogP contribution in [0.4, 0.5) is 0 Å². The lowest BCUT2D eigenvalue weighted by molar-refractivity contribution is 0.230. The van der Waals surface area contributed by atoms with Gasteiger partial charge in [0, 0.05) is 5.70 Å². The average molecular weight is 126 g/mol. The van der Waals surface area contributed by atoms with E-state index in [1.165, 1.54) is 0 Å². The number of nitrogens with one attached hydrogen (secondary N) is 1. The third-order valence-electron chi connectivity index (χ3n) is 1.10. The van der Waals surface area contributed by atoms with Crippen LogP contribution in [0.25, 0.3) is 0 Å². The molecule has 0 aliphatic carbocycles. The molecule has 0 aromatic carbocycles. The van der Waals surface area contributed by atoms with Gasteiger partial charge in [0.25, 0.3) is 0 Å². The largest absolute Gasteiger partial charge is 0.368 e. The van der Waals surface area contributed by atoms with Gasteiger partial charge in [-0.1, -0.05) is 0 Å². The van der Waals surface area contributed by atoms with Crippen molar-refractivity contribution < 1.29 is 5.11 Å². The van der Waals surface area contributed by atoms with Gasteiger partial charge in [-0.05, 0) is 19.9 Å². The first kappa shape index (κ1) is 6.29. The minimum absolute atomic E-state index is 0.647. The van der Waals surface area contributed by atoms with E-state index in [4.69, 9.17) is 5.11 Å². The SMILES string of the molecule is CC1=CC(O)N=C(C)N1. The molecule has 0 bridgehead atoms. The van der Waals surface area contributed by atoms with Crippen LogP contribution in [0.2, 0.25) is 0 Å². The molecule has 9 heavy (non-hydrogen) atoms. The fourth-order valence-electron chi connectivity index (χ4n) is 0.819. The Hall–Kier alpha value is -0.830. The number of aliphatic hydroxyl groups excluding tert-OH is 1. The summed E-state index contributed by atoms with van der Waals surface area (Å²) < 4.78 is 0. The molecule has 2 N–H and O–H groups in total. The Morgan fingerprint density at radius 2 is 2.33 bits per heavy atom. The van der Waals surface area contributed by atoms with Crippen LogP contribution < -0.4 is 5.32 Å². The molecular weight excluding hydrogens is 116 g/mol. The van der Waals surface area contributed by atoms with Crippen LogP contribution in [0, 0.1) is 0 Å². The second kappa shape index (κ2) is 2.19. The Bertz CT molecular complexity index is 154. The molecule has 0 saturated carbocycles. The van der Waals surface area contributed by atoms with Gasteiger partial charge < -0.3 is 10.4 Å². The van der Waals surface area contributed by atoms with Crippen molar-refractivity contribution in [2.45, 2.75) is 20.1 Å². The van der Waals surface area contributed by atoms with Crippen molar-refractivity contribution >= 4 is 5.84 Å². The Labute approximate surface area is 54.1 Å². The summed E-state index contributed by atoms with van der Waals surface area (Å²) in [4.78, 5) is 3.82. The van der Waals surface area contributed by atoms with Crippen LogP contribution in [0.3, 0.4) is 0 Å². The highest BCUT2D eigenvalue weighted by Gasteiger charge is 2.04. The standard InChI is InChI=1S/C6H10N2O/c1-4-3-6(9)8-5(2)7-4/h3,6,9H,1-2H3,(H,7,8). The maximum atomic E-state index is 8.95. The number of aliphatic hydroxyl groups is 1. The first-order chi connectivity index (χ1) is 4.18. The fourth-order valence-corrected chi connectivity index (χ4v) is 0.819. The second-order valence-electron chi connectivity index (χ2n) is 2.10. The van der Waals surface area contributed by atoms with E-state index in [1.54, 1.807) is 6.08 Å². The number of hydrogen-bond acceptors (Lipinski definition) is 3. The van der Waals surface area contributed by atoms with Crippen molar-refractivity contribution in [2.24, 2.45) is 4.99 Å². The molecule has 50 valence electrons. The summed E-state index contributed by atoms with van der Waals surface area (Å²) in [5.74, 6) is 0.766. The van der Waals surface area contributed by atoms with Crippen LogP contribution in [0.15, 0.2) is 16.8 Å². The lowest BCUT2D eigenvalue weighted by Crippen LogP contribution is -2.25. The first-order valence-corrected chi connectivity index (χ1v) is 2.86. The summed E-state index contributed by atoms with van der Waals surface area (Å²) in [6.07, 6.45) is 1.01. The van der Waals surface area contributed by atoms with E-state index >= 15 is 0 Å². The van der Waals surface area contributed by atoms with Crippen LogP contribution in [-0.2, 0) is 0 Å². The maximum Gasteiger partial charge on any atom is 0.168 e. The molecule has 1 aliphatic rings. The van der Waals surface area contributed by atoms with E-state index < -0.39 is 6.23 Å². The van der Waals surface area contributed by atoms with Crippen molar-refractivity contribution in [2.75, 3.05) is 0 Å². The van der Waals surface area contributed by atoms with Gasteiger partial charge in [-0.2, -0.15) is 0 Å². The summed E-state index contributed by atoms with van der Waals surface area (Å²) in [7, 11) is 0. The van der Waals surface area contributed by atoms with Crippen LogP contribution >= 0.6 is 0 Å². The van der Waals surface area contributed by atoms with Crippen molar-refractivity contribution in [3.8, 4) is 0 Å². The van der Waals surface area contributed by atoms with E-state index in [-0.39, 0.29) is 0 Å². The van der Waals surface area contributed by atoms with Crippen LogP contribution in [0.1, 0.15) is 13.8 Å². The van der Waals surface area contributed by atoms with Gasteiger partial charge >= 0.3 is 0 Å². The first-order valence-electron chi connectivity index (χ1n) is 2.86. The lowest BCUT2D eigenvalue weighted by atomic mass is 10.3. The van der Waals surface area contributed by atoms with Gasteiger partial charge in [0.2, 0.25) is 0 Å². The third kappa shape index (κ3) is 1.54. The van der Waals surface area contributed by atoms with E-state index in [2.05, 4.69) is 10.3 Å². The Morgan fingerprint density at radius 3 is 2.78 bits per heavy atom. The van der Waals surface area contributed by atoms with Crippen LogP contribution in [0.5, 0.6) is 0 Å².